The Bertz CT molecular complexity index is 1020. The van der Waals surface area contributed by atoms with Crippen molar-refractivity contribution < 1.29 is 22.1 Å². The van der Waals surface area contributed by atoms with Gasteiger partial charge >= 0.3 is 0 Å². The van der Waals surface area contributed by atoms with Crippen LogP contribution in [0.4, 0.5) is 23.2 Å². The SMILES string of the molecule is Cc1ccc(-c2noc(C(C)N3CCN(c4c(F)c(F)nc(F)c4F)CC3)n2)cc1. The monoisotopic (exact) mass is 421 g/mol. The maximum Gasteiger partial charge on any atom is 0.253 e. The van der Waals surface area contributed by atoms with E-state index in [1.165, 1.54) is 4.90 Å². The fourth-order valence-corrected chi connectivity index (χ4v) is 3.47. The summed E-state index contributed by atoms with van der Waals surface area (Å²) in [6.45, 7) is 4.97. The van der Waals surface area contributed by atoms with E-state index in [-0.39, 0.29) is 19.1 Å². The molecule has 2 aromatic heterocycles. The maximum absolute atomic E-state index is 14.0. The van der Waals surface area contributed by atoms with E-state index in [0.29, 0.717) is 24.8 Å². The number of aryl methyl sites for hydroxylation is 1. The van der Waals surface area contributed by atoms with Gasteiger partial charge in [-0.3, -0.25) is 4.90 Å². The molecule has 6 nitrogen and oxygen atoms in total. The molecule has 1 atom stereocenters. The smallest absolute Gasteiger partial charge is 0.253 e. The number of benzene rings is 1. The summed E-state index contributed by atoms with van der Waals surface area (Å²) < 4.78 is 60.2. The topological polar surface area (TPSA) is 58.3 Å². The largest absolute Gasteiger partial charge is 0.364 e. The van der Waals surface area contributed by atoms with Crippen LogP contribution in [0.2, 0.25) is 0 Å². The van der Waals surface area contributed by atoms with Crippen molar-refractivity contribution >= 4 is 5.69 Å². The molecule has 1 aliphatic rings. The van der Waals surface area contributed by atoms with E-state index in [1.807, 2.05) is 43.0 Å². The second-order valence-electron chi connectivity index (χ2n) is 7.19. The molecule has 1 unspecified atom stereocenters. The van der Waals surface area contributed by atoms with Gasteiger partial charge in [0.2, 0.25) is 23.3 Å². The molecule has 10 heteroatoms. The van der Waals surface area contributed by atoms with E-state index in [1.54, 1.807) is 0 Å². The minimum absolute atomic E-state index is 0.167. The molecular weight excluding hydrogens is 402 g/mol. The highest BCUT2D eigenvalue weighted by Crippen LogP contribution is 2.29. The fourth-order valence-electron chi connectivity index (χ4n) is 3.47. The Balaban J connectivity index is 1.46. The van der Waals surface area contributed by atoms with Gasteiger partial charge in [-0.2, -0.15) is 27.5 Å². The molecule has 1 fully saturated rings. The third-order valence-corrected chi connectivity index (χ3v) is 5.26. The summed E-state index contributed by atoms with van der Waals surface area (Å²) in [6, 6.07) is 7.49. The fraction of sp³-hybridized carbons (Fsp3) is 0.350. The lowest BCUT2D eigenvalue weighted by Gasteiger charge is -2.38. The molecule has 1 aromatic carbocycles. The summed E-state index contributed by atoms with van der Waals surface area (Å²) in [7, 11) is 0. The molecule has 158 valence electrons. The van der Waals surface area contributed by atoms with Crippen molar-refractivity contribution in [2.45, 2.75) is 19.9 Å². The average Bonchev–Trinajstić information content (AvgIpc) is 3.23. The zero-order valence-electron chi connectivity index (χ0n) is 16.4. The molecule has 3 heterocycles. The van der Waals surface area contributed by atoms with Crippen molar-refractivity contribution in [3.05, 3.63) is 59.2 Å². The van der Waals surface area contributed by atoms with Crippen LogP contribution in [-0.4, -0.2) is 46.2 Å². The second-order valence-corrected chi connectivity index (χ2v) is 7.19. The Morgan fingerprint density at radius 2 is 1.50 bits per heavy atom. The van der Waals surface area contributed by atoms with E-state index in [2.05, 4.69) is 15.1 Å². The predicted molar refractivity (Wildman–Crippen MR) is 101 cm³/mol. The maximum atomic E-state index is 14.0. The van der Waals surface area contributed by atoms with E-state index in [0.717, 1.165) is 11.1 Å². The molecule has 1 aliphatic heterocycles. The van der Waals surface area contributed by atoms with Gasteiger partial charge in [0.15, 0.2) is 0 Å². The standard InChI is InChI=1S/C20H19F4N5O/c1-11-3-5-13(6-4-11)19-26-20(30-27-19)12(2)28-7-9-29(10-8-28)16-14(21)17(23)25-18(24)15(16)22/h3-6,12H,7-10H2,1-2H3. The number of anilines is 1. The van der Waals surface area contributed by atoms with Gasteiger partial charge in [-0.05, 0) is 13.8 Å². The van der Waals surface area contributed by atoms with E-state index < -0.39 is 29.2 Å². The number of nitrogens with zero attached hydrogens (tertiary/aromatic N) is 5. The average molecular weight is 421 g/mol. The minimum atomic E-state index is -1.66. The first-order chi connectivity index (χ1) is 14.3. The van der Waals surface area contributed by atoms with Crippen molar-refractivity contribution in [2.24, 2.45) is 0 Å². The number of halogens is 4. The number of hydrogen-bond acceptors (Lipinski definition) is 6. The molecule has 4 rings (SSSR count). The van der Waals surface area contributed by atoms with Crippen molar-refractivity contribution in [1.29, 1.82) is 0 Å². The van der Waals surface area contributed by atoms with Crippen LogP contribution in [0.1, 0.15) is 24.4 Å². The highest BCUT2D eigenvalue weighted by Gasteiger charge is 2.30. The summed E-state index contributed by atoms with van der Waals surface area (Å²) in [6.07, 6.45) is 0. The lowest BCUT2D eigenvalue weighted by Crippen LogP contribution is -2.48. The molecule has 0 aliphatic carbocycles. The zero-order chi connectivity index (χ0) is 21.4. The van der Waals surface area contributed by atoms with Crippen LogP contribution < -0.4 is 4.90 Å². The molecule has 0 bridgehead atoms. The highest BCUT2D eigenvalue weighted by atomic mass is 19.2. The number of aromatic nitrogens is 3. The van der Waals surface area contributed by atoms with E-state index in [4.69, 9.17) is 4.52 Å². The Hall–Kier alpha value is -3.01. The predicted octanol–water partition coefficient (Wildman–Crippen LogP) is 3.88. The lowest BCUT2D eigenvalue weighted by atomic mass is 10.1. The Morgan fingerprint density at radius 1 is 0.900 bits per heavy atom. The molecule has 1 saturated heterocycles. The molecule has 30 heavy (non-hydrogen) atoms. The van der Waals surface area contributed by atoms with Crippen molar-refractivity contribution in [3.8, 4) is 11.4 Å². The van der Waals surface area contributed by atoms with Gasteiger partial charge in [0, 0.05) is 31.7 Å². The van der Waals surface area contributed by atoms with Crippen molar-refractivity contribution in [2.75, 3.05) is 31.1 Å². The van der Waals surface area contributed by atoms with Crippen LogP contribution in [-0.2, 0) is 0 Å². The number of hydrogen-bond donors (Lipinski definition) is 0. The Kier molecular flexibility index (Phi) is 5.42. The molecule has 0 saturated carbocycles. The number of pyridine rings is 1. The molecule has 0 spiro atoms. The summed E-state index contributed by atoms with van der Waals surface area (Å²) >= 11 is 0. The zero-order valence-corrected chi connectivity index (χ0v) is 16.4. The van der Waals surface area contributed by atoms with Gasteiger partial charge in [-0.15, -0.1) is 0 Å². The van der Waals surface area contributed by atoms with Crippen LogP contribution in [0.25, 0.3) is 11.4 Å². The number of rotatable bonds is 4. The molecule has 0 N–H and O–H groups in total. The first kappa shape index (κ1) is 20.3. The molecule has 3 aromatic rings. The van der Waals surface area contributed by atoms with Gasteiger partial charge in [0.05, 0.1) is 6.04 Å². The van der Waals surface area contributed by atoms with Gasteiger partial charge < -0.3 is 9.42 Å². The molecular formula is C20H19F4N5O. The van der Waals surface area contributed by atoms with Crippen LogP contribution in [0.15, 0.2) is 28.8 Å². The third kappa shape index (κ3) is 3.74. The van der Waals surface area contributed by atoms with E-state index in [9.17, 15) is 17.6 Å². The summed E-state index contributed by atoms with van der Waals surface area (Å²) in [5.74, 6) is -5.41. The van der Waals surface area contributed by atoms with Gasteiger partial charge in [0.1, 0.15) is 5.69 Å². The molecule has 0 radical (unpaired) electrons. The minimum Gasteiger partial charge on any atom is -0.364 e. The van der Waals surface area contributed by atoms with E-state index >= 15 is 0 Å². The Morgan fingerprint density at radius 3 is 2.10 bits per heavy atom. The third-order valence-electron chi connectivity index (χ3n) is 5.26. The first-order valence-corrected chi connectivity index (χ1v) is 9.44. The summed E-state index contributed by atoms with van der Waals surface area (Å²) in [5, 5.41) is 4.02. The van der Waals surface area contributed by atoms with Gasteiger partial charge in [-0.25, -0.2) is 0 Å². The van der Waals surface area contributed by atoms with Crippen LogP contribution >= 0.6 is 0 Å². The van der Waals surface area contributed by atoms with Crippen LogP contribution in [0.5, 0.6) is 0 Å². The normalized spacial score (nSPS) is 16.1. The van der Waals surface area contributed by atoms with Crippen LogP contribution in [0, 0.1) is 30.5 Å². The van der Waals surface area contributed by atoms with Crippen molar-refractivity contribution in [1.82, 2.24) is 20.0 Å². The second kappa shape index (κ2) is 8.02. The van der Waals surface area contributed by atoms with Gasteiger partial charge in [0.25, 0.3) is 11.9 Å². The number of piperazine rings is 1. The van der Waals surface area contributed by atoms with Crippen molar-refractivity contribution in [3.63, 3.8) is 0 Å². The highest BCUT2D eigenvalue weighted by molar-refractivity contribution is 5.54. The van der Waals surface area contributed by atoms with Crippen LogP contribution in [0.3, 0.4) is 0 Å². The lowest BCUT2D eigenvalue weighted by molar-refractivity contribution is 0.163. The molecule has 0 amide bonds. The Labute approximate surface area is 170 Å². The quantitative estimate of drug-likeness (QED) is 0.471. The van der Waals surface area contributed by atoms with Gasteiger partial charge in [-0.1, -0.05) is 35.0 Å². The first-order valence-electron chi connectivity index (χ1n) is 9.44. The summed E-state index contributed by atoms with van der Waals surface area (Å²) in [5.41, 5.74) is 1.22. The summed E-state index contributed by atoms with van der Waals surface area (Å²) in [4.78, 5) is 10.3.